The number of hydrogen-bond acceptors (Lipinski definition) is 12. The van der Waals surface area contributed by atoms with Gasteiger partial charge in [-0.2, -0.15) is 5.10 Å². The lowest BCUT2D eigenvalue weighted by molar-refractivity contribution is -0.136. The van der Waals surface area contributed by atoms with Gasteiger partial charge in [0.25, 0.3) is 11.8 Å². The molecule has 3 fully saturated rings. The Labute approximate surface area is 301 Å². The summed E-state index contributed by atoms with van der Waals surface area (Å²) in [6.07, 6.45) is 3.05. The zero-order valence-corrected chi connectivity index (χ0v) is 28.3. The van der Waals surface area contributed by atoms with Gasteiger partial charge in [-0.3, -0.25) is 29.4 Å². The number of nitrogens with two attached hydrogens (primary N) is 1. The predicted molar refractivity (Wildman–Crippen MR) is 189 cm³/mol. The molecule has 4 amide bonds. The minimum absolute atomic E-state index is 0.00728. The molecular weight excluding hydrogens is 683 g/mol. The summed E-state index contributed by atoms with van der Waals surface area (Å²) in [6.45, 7) is 2.23. The molecule has 5 aromatic rings. The van der Waals surface area contributed by atoms with E-state index in [1.165, 1.54) is 12.4 Å². The van der Waals surface area contributed by atoms with Crippen LogP contribution in [-0.4, -0.2) is 90.8 Å². The third-order valence-electron chi connectivity index (χ3n) is 10.3. The van der Waals surface area contributed by atoms with E-state index in [4.69, 9.17) is 15.6 Å². The number of nitrogens with one attached hydrogen (secondary N) is 1. The zero-order valence-electron chi connectivity index (χ0n) is 28.3. The Morgan fingerprint density at radius 2 is 1.53 bits per heavy atom. The number of rotatable bonds is 7. The number of carbonyl (C=O) groups excluding carboxylic acids is 4. The maximum absolute atomic E-state index is 15.4. The Morgan fingerprint density at radius 1 is 0.830 bits per heavy atom. The lowest BCUT2D eigenvalue weighted by Crippen LogP contribution is -2.63. The molecule has 268 valence electrons. The molecule has 3 N–H and O–H groups in total. The van der Waals surface area contributed by atoms with E-state index in [0.29, 0.717) is 41.6 Å². The molecule has 53 heavy (non-hydrogen) atoms. The first-order valence-corrected chi connectivity index (χ1v) is 17.4. The van der Waals surface area contributed by atoms with Crippen LogP contribution >= 0.6 is 0 Å². The van der Waals surface area contributed by atoms with Crippen LogP contribution in [0.15, 0.2) is 73.1 Å². The van der Waals surface area contributed by atoms with Gasteiger partial charge in [-0.1, -0.05) is 18.2 Å². The molecule has 2 aromatic heterocycles. The number of halogens is 1. The van der Waals surface area contributed by atoms with Crippen molar-refractivity contribution < 1.29 is 28.3 Å². The Kier molecular flexibility index (Phi) is 7.85. The van der Waals surface area contributed by atoms with Crippen LogP contribution in [0.25, 0.3) is 22.3 Å². The molecule has 1 atom stereocenters. The number of anilines is 2. The highest BCUT2D eigenvalue weighted by Crippen LogP contribution is 2.38. The molecule has 3 saturated heterocycles. The molecular formula is C37H33FN10O5. The number of nitrogen functional groups attached to an aromatic ring is 1. The van der Waals surface area contributed by atoms with E-state index < -0.39 is 35.5 Å². The number of imide groups is 2. The Morgan fingerprint density at radius 3 is 2.25 bits per heavy atom. The van der Waals surface area contributed by atoms with Gasteiger partial charge in [0.2, 0.25) is 11.8 Å². The molecule has 0 saturated carbocycles. The molecule has 9 rings (SSSR count). The van der Waals surface area contributed by atoms with Crippen molar-refractivity contribution in [3.05, 3.63) is 90.0 Å². The predicted octanol–water partition coefficient (Wildman–Crippen LogP) is 3.70. The normalized spacial score (nSPS) is 19.8. The smallest absolute Gasteiger partial charge is 0.262 e. The van der Waals surface area contributed by atoms with Crippen LogP contribution in [0.2, 0.25) is 0 Å². The number of aromatic nitrogens is 4. The summed E-state index contributed by atoms with van der Waals surface area (Å²) in [6, 6.07) is 18.6. The second-order valence-corrected chi connectivity index (χ2v) is 13.5. The first-order valence-electron chi connectivity index (χ1n) is 17.4. The Bertz CT molecular complexity index is 2300. The van der Waals surface area contributed by atoms with Gasteiger partial charge >= 0.3 is 0 Å². The summed E-state index contributed by atoms with van der Waals surface area (Å²) in [4.78, 5) is 61.9. The summed E-state index contributed by atoms with van der Waals surface area (Å²) in [7, 11) is 0. The number of hydrazine groups is 1. The summed E-state index contributed by atoms with van der Waals surface area (Å²) in [5.41, 5.74) is 8.77. The summed E-state index contributed by atoms with van der Waals surface area (Å²) in [5, 5.41) is 12.2. The average Bonchev–Trinajstić information content (AvgIpc) is 3.64. The highest BCUT2D eigenvalue weighted by Gasteiger charge is 2.46. The van der Waals surface area contributed by atoms with Gasteiger partial charge in [-0.15, -0.1) is 0 Å². The highest BCUT2D eigenvalue weighted by molar-refractivity contribution is 6.23. The molecule has 3 aromatic carbocycles. The monoisotopic (exact) mass is 716 g/mol. The topological polar surface area (TPSA) is 172 Å². The summed E-state index contributed by atoms with van der Waals surface area (Å²) in [5.74, 6) is -1.41. The van der Waals surface area contributed by atoms with Crippen LogP contribution in [0, 0.1) is 5.82 Å². The van der Waals surface area contributed by atoms with E-state index in [2.05, 4.69) is 25.3 Å². The molecule has 1 unspecified atom stereocenters. The van der Waals surface area contributed by atoms with Crippen LogP contribution < -0.4 is 20.7 Å². The molecule has 0 spiro atoms. The number of ether oxygens (including phenoxy) is 1. The van der Waals surface area contributed by atoms with Crippen molar-refractivity contribution >= 4 is 46.2 Å². The van der Waals surface area contributed by atoms with E-state index in [9.17, 15) is 19.2 Å². The average molecular weight is 717 g/mol. The van der Waals surface area contributed by atoms with Crippen molar-refractivity contribution in [2.45, 2.75) is 37.8 Å². The fourth-order valence-electron chi connectivity index (χ4n) is 7.54. The molecule has 4 aliphatic heterocycles. The van der Waals surface area contributed by atoms with Gasteiger partial charge < -0.3 is 15.4 Å². The molecule has 4 aliphatic rings. The fraction of sp³-hybridized carbons (Fsp3) is 0.270. The first-order chi connectivity index (χ1) is 25.7. The molecule has 15 nitrogen and oxygen atoms in total. The second kappa shape index (κ2) is 12.8. The third kappa shape index (κ3) is 5.62. The van der Waals surface area contributed by atoms with Gasteiger partial charge in [-0.25, -0.2) is 29.1 Å². The zero-order chi connectivity index (χ0) is 36.4. The number of piperidine rings is 2. The number of amides is 4. The maximum atomic E-state index is 15.4. The van der Waals surface area contributed by atoms with E-state index in [-0.39, 0.29) is 35.7 Å². The van der Waals surface area contributed by atoms with Crippen molar-refractivity contribution in [3.63, 3.8) is 0 Å². The molecule has 0 aliphatic carbocycles. The van der Waals surface area contributed by atoms with Gasteiger partial charge in [0.05, 0.1) is 41.6 Å². The van der Waals surface area contributed by atoms with E-state index in [0.717, 1.165) is 48.2 Å². The maximum Gasteiger partial charge on any atom is 0.262 e. The molecule has 0 bridgehead atoms. The van der Waals surface area contributed by atoms with Gasteiger partial charge in [0, 0.05) is 25.1 Å². The number of hydrogen-bond donors (Lipinski definition) is 2. The third-order valence-corrected chi connectivity index (χ3v) is 10.3. The SMILES string of the molecule is Nc1ncnc2c1c(-c1ccc(Oc3ccccc3)cc1)nn2C1CCN(N2CN(c3cc4c(cc3F)C(=O)N(C3CCC(=O)NC3=O)C4=O)C2)CC1. The number of para-hydroxylation sites is 1. The quantitative estimate of drug-likeness (QED) is 0.235. The van der Waals surface area contributed by atoms with E-state index >= 15 is 4.39 Å². The van der Waals surface area contributed by atoms with Gasteiger partial charge in [0.1, 0.15) is 41.2 Å². The number of carbonyl (C=O) groups is 4. The van der Waals surface area contributed by atoms with Crippen LogP contribution in [0.1, 0.15) is 52.4 Å². The first kappa shape index (κ1) is 32.6. The number of nitrogens with zero attached hydrogens (tertiary/aromatic N) is 8. The minimum Gasteiger partial charge on any atom is -0.457 e. The van der Waals surface area contributed by atoms with Gasteiger partial charge in [0.15, 0.2) is 5.65 Å². The summed E-state index contributed by atoms with van der Waals surface area (Å²) >= 11 is 0. The molecule has 6 heterocycles. The van der Waals surface area contributed by atoms with Gasteiger partial charge in [-0.05, 0) is 67.8 Å². The van der Waals surface area contributed by atoms with E-state index in [1.54, 1.807) is 4.90 Å². The van der Waals surface area contributed by atoms with Crippen LogP contribution in [-0.2, 0) is 9.59 Å². The largest absolute Gasteiger partial charge is 0.457 e. The van der Waals surface area contributed by atoms with Crippen LogP contribution in [0.3, 0.4) is 0 Å². The highest BCUT2D eigenvalue weighted by atomic mass is 19.1. The van der Waals surface area contributed by atoms with Crippen molar-refractivity contribution in [1.29, 1.82) is 0 Å². The standard InChI is InChI=1S/C37H33FN10O5/c38-27-16-25-26(37(52)47(36(25)51)28-10-11-30(49)42-35(28)50)17-29(27)44-19-46(20-44)45-14-12-22(13-15-45)48-34-31(33(39)40-18-41-34)32(43-48)21-6-8-24(9-7-21)53-23-4-2-1-3-5-23/h1-9,16-18,22,28H,10-15,19-20H2,(H2,39,40,41)(H,42,49,50). The van der Waals surface area contributed by atoms with Crippen molar-refractivity contribution in [2.24, 2.45) is 0 Å². The van der Waals surface area contributed by atoms with Crippen molar-refractivity contribution in [3.8, 4) is 22.8 Å². The second-order valence-electron chi connectivity index (χ2n) is 13.5. The van der Waals surface area contributed by atoms with Crippen molar-refractivity contribution in [2.75, 3.05) is 37.1 Å². The number of benzene rings is 3. The van der Waals surface area contributed by atoms with Crippen LogP contribution in [0.5, 0.6) is 11.5 Å². The fourth-order valence-corrected chi connectivity index (χ4v) is 7.54. The Hall–Kier alpha value is -6.26. The summed E-state index contributed by atoms with van der Waals surface area (Å²) < 4.78 is 23.3. The lowest BCUT2D eigenvalue weighted by atomic mass is 10.0. The molecule has 0 radical (unpaired) electrons. The Balaban J connectivity index is 0.864. The minimum atomic E-state index is -1.11. The van der Waals surface area contributed by atoms with Crippen LogP contribution in [0.4, 0.5) is 15.9 Å². The van der Waals surface area contributed by atoms with E-state index in [1.807, 2.05) is 59.3 Å². The number of fused-ring (bicyclic) bond motifs is 2. The molecule has 16 heteroatoms. The lowest BCUT2D eigenvalue weighted by Gasteiger charge is -2.50. The van der Waals surface area contributed by atoms with Crippen molar-refractivity contribution in [1.82, 2.24) is 40.0 Å².